The van der Waals surface area contributed by atoms with Crippen LogP contribution in [0.3, 0.4) is 0 Å². The molecule has 3 rings (SSSR count). The molecule has 0 radical (unpaired) electrons. The molecule has 29 heavy (non-hydrogen) atoms. The van der Waals surface area contributed by atoms with Crippen LogP contribution < -0.4 is 15.0 Å². The highest BCUT2D eigenvalue weighted by Gasteiger charge is 2.13. The van der Waals surface area contributed by atoms with Crippen LogP contribution in [0.1, 0.15) is 6.92 Å². The van der Waals surface area contributed by atoms with E-state index >= 15 is 0 Å². The van der Waals surface area contributed by atoms with Gasteiger partial charge in [0.05, 0.1) is 23.7 Å². The maximum atomic E-state index is 12.3. The van der Waals surface area contributed by atoms with Gasteiger partial charge in [-0.3, -0.25) is 4.79 Å². The second-order valence-electron chi connectivity index (χ2n) is 6.09. The number of rotatable bonds is 8. The minimum absolute atomic E-state index is 0.0184. The number of benzene rings is 2. The Labute approximate surface area is 174 Å². The van der Waals surface area contributed by atoms with Crippen LogP contribution in [-0.4, -0.2) is 31.3 Å². The quantitative estimate of drug-likeness (QED) is 0.589. The Morgan fingerprint density at radius 3 is 2.38 bits per heavy atom. The van der Waals surface area contributed by atoms with Gasteiger partial charge in [0.2, 0.25) is 10.0 Å². The maximum Gasteiger partial charge on any atom is 0.266 e. The van der Waals surface area contributed by atoms with Crippen LogP contribution in [0.4, 0.5) is 0 Å². The Hall–Kier alpha value is -2.68. The van der Waals surface area contributed by atoms with Gasteiger partial charge < -0.3 is 4.74 Å². The lowest BCUT2D eigenvalue weighted by atomic mass is 10.1. The summed E-state index contributed by atoms with van der Waals surface area (Å²) in [5.74, 6) is 0.751. The summed E-state index contributed by atoms with van der Waals surface area (Å²) in [6.45, 7) is 2.60. The van der Waals surface area contributed by atoms with Crippen molar-refractivity contribution in [1.82, 2.24) is 14.5 Å². The fraction of sp³-hybridized carbons (Fsp3) is 0.200. The topological polar surface area (TPSA) is 90.3 Å². The third-order valence-corrected chi connectivity index (χ3v) is 5.80. The van der Waals surface area contributed by atoms with Gasteiger partial charge in [0.15, 0.2) is 0 Å². The standard InChI is InChI=1S/C20H20ClN3O4S/c1-2-28-17-7-3-15(4-8-17)19-11-12-20(25)24(23-19)14-13-22-29(26,27)18-9-5-16(21)6-10-18/h3-12,22H,2,13-14H2,1H3. The fourth-order valence-corrected chi connectivity index (χ4v) is 3.78. The minimum atomic E-state index is -3.70. The molecule has 0 atom stereocenters. The molecule has 9 heteroatoms. The molecule has 0 spiro atoms. The first-order chi connectivity index (χ1) is 13.9. The zero-order valence-electron chi connectivity index (χ0n) is 15.7. The van der Waals surface area contributed by atoms with Crippen LogP contribution in [0.15, 0.2) is 70.4 Å². The summed E-state index contributed by atoms with van der Waals surface area (Å²) in [6, 6.07) is 16.2. The van der Waals surface area contributed by atoms with Crippen molar-refractivity contribution in [3.8, 4) is 17.0 Å². The SMILES string of the molecule is CCOc1ccc(-c2ccc(=O)n(CCNS(=O)(=O)c3ccc(Cl)cc3)n2)cc1. The van der Waals surface area contributed by atoms with Crippen LogP contribution in [0.5, 0.6) is 5.75 Å². The summed E-state index contributed by atoms with van der Waals surface area (Å²) >= 11 is 5.78. The number of halogens is 1. The number of sulfonamides is 1. The summed E-state index contributed by atoms with van der Waals surface area (Å²) < 4.78 is 33.8. The van der Waals surface area contributed by atoms with Crippen molar-refractivity contribution in [2.45, 2.75) is 18.4 Å². The molecule has 0 amide bonds. The molecule has 0 fully saturated rings. The van der Waals surface area contributed by atoms with Crippen LogP contribution >= 0.6 is 11.6 Å². The van der Waals surface area contributed by atoms with E-state index in [-0.39, 0.29) is 23.5 Å². The van der Waals surface area contributed by atoms with Gasteiger partial charge in [-0.2, -0.15) is 5.10 Å². The molecule has 0 unspecified atom stereocenters. The van der Waals surface area contributed by atoms with Crippen LogP contribution in [0.25, 0.3) is 11.3 Å². The van der Waals surface area contributed by atoms with Crippen molar-refractivity contribution in [3.63, 3.8) is 0 Å². The monoisotopic (exact) mass is 433 g/mol. The Morgan fingerprint density at radius 2 is 1.72 bits per heavy atom. The molecule has 1 heterocycles. The maximum absolute atomic E-state index is 12.3. The average molecular weight is 434 g/mol. The molecule has 0 aliphatic rings. The van der Waals surface area contributed by atoms with E-state index in [1.54, 1.807) is 6.07 Å². The van der Waals surface area contributed by atoms with Crippen molar-refractivity contribution in [1.29, 1.82) is 0 Å². The lowest BCUT2D eigenvalue weighted by molar-refractivity contribution is 0.340. The number of ether oxygens (including phenoxy) is 1. The zero-order chi connectivity index (χ0) is 20.9. The van der Waals surface area contributed by atoms with E-state index in [9.17, 15) is 13.2 Å². The number of hydrogen-bond donors (Lipinski definition) is 1. The van der Waals surface area contributed by atoms with Crippen molar-refractivity contribution in [2.75, 3.05) is 13.2 Å². The van der Waals surface area contributed by atoms with Gasteiger partial charge in [-0.05, 0) is 61.5 Å². The van der Waals surface area contributed by atoms with E-state index in [0.717, 1.165) is 11.3 Å². The smallest absolute Gasteiger partial charge is 0.266 e. The molecule has 3 aromatic rings. The van der Waals surface area contributed by atoms with Crippen LogP contribution in [-0.2, 0) is 16.6 Å². The molecule has 2 aromatic carbocycles. The predicted octanol–water partition coefficient (Wildman–Crippen LogP) is 2.94. The van der Waals surface area contributed by atoms with E-state index in [1.165, 1.54) is 35.0 Å². The lowest BCUT2D eigenvalue weighted by Crippen LogP contribution is -2.32. The number of nitrogens with zero attached hydrogens (tertiary/aromatic N) is 2. The van der Waals surface area contributed by atoms with E-state index in [1.807, 2.05) is 31.2 Å². The molecule has 1 N–H and O–H groups in total. The molecule has 0 saturated carbocycles. The molecule has 0 bridgehead atoms. The number of nitrogens with one attached hydrogen (secondary N) is 1. The van der Waals surface area contributed by atoms with Crippen molar-refractivity contribution in [3.05, 3.63) is 76.0 Å². The predicted molar refractivity (Wildman–Crippen MR) is 112 cm³/mol. The third-order valence-electron chi connectivity index (χ3n) is 4.07. The Morgan fingerprint density at radius 1 is 1.03 bits per heavy atom. The van der Waals surface area contributed by atoms with E-state index in [0.29, 0.717) is 17.3 Å². The summed E-state index contributed by atoms with van der Waals surface area (Å²) in [5, 5.41) is 4.78. The highest BCUT2D eigenvalue weighted by Crippen LogP contribution is 2.20. The second kappa shape index (κ2) is 9.21. The highest BCUT2D eigenvalue weighted by atomic mass is 35.5. The summed E-state index contributed by atoms with van der Waals surface area (Å²) in [4.78, 5) is 12.2. The minimum Gasteiger partial charge on any atom is -0.494 e. The number of aromatic nitrogens is 2. The van der Waals surface area contributed by atoms with Gasteiger partial charge >= 0.3 is 0 Å². The van der Waals surface area contributed by atoms with Gasteiger partial charge in [-0.15, -0.1) is 0 Å². The third kappa shape index (κ3) is 5.44. The molecule has 0 aliphatic heterocycles. The van der Waals surface area contributed by atoms with Gasteiger partial charge in [-0.25, -0.2) is 17.8 Å². The first kappa shape index (κ1) is 21.0. The zero-order valence-corrected chi connectivity index (χ0v) is 17.3. The first-order valence-corrected chi connectivity index (χ1v) is 10.8. The van der Waals surface area contributed by atoms with Gasteiger partial charge in [0, 0.05) is 23.2 Å². The fourth-order valence-electron chi connectivity index (χ4n) is 2.63. The lowest BCUT2D eigenvalue weighted by Gasteiger charge is -2.10. The van der Waals surface area contributed by atoms with Crippen LogP contribution in [0.2, 0.25) is 5.02 Å². The van der Waals surface area contributed by atoms with E-state index in [2.05, 4.69) is 9.82 Å². The van der Waals surface area contributed by atoms with Crippen molar-refractivity contribution < 1.29 is 13.2 Å². The number of hydrogen-bond acceptors (Lipinski definition) is 5. The average Bonchev–Trinajstić information content (AvgIpc) is 2.70. The largest absolute Gasteiger partial charge is 0.494 e. The molecule has 0 aliphatic carbocycles. The Bertz CT molecular complexity index is 1130. The van der Waals surface area contributed by atoms with E-state index in [4.69, 9.17) is 16.3 Å². The highest BCUT2D eigenvalue weighted by molar-refractivity contribution is 7.89. The Kier molecular flexibility index (Phi) is 6.68. The van der Waals surface area contributed by atoms with Gasteiger partial charge in [-0.1, -0.05) is 11.6 Å². The van der Waals surface area contributed by atoms with Gasteiger partial charge in [0.1, 0.15) is 5.75 Å². The molecule has 1 aromatic heterocycles. The Balaban J connectivity index is 1.70. The second-order valence-corrected chi connectivity index (χ2v) is 8.29. The van der Waals surface area contributed by atoms with Crippen molar-refractivity contribution in [2.24, 2.45) is 0 Å². The summed E-state index contributed by atoms with van der Waals surface area (Å²) in [7, 11) is -3.70. The van der Waals surface area contributed by atoms with E-state index < -0.39 is 10.0 Å². The van der Waals surface area contributed by atoms with Crippen molar-refractivity contribution >= 4 is 21.6 Å². The molecule has 152 valence electrons. The summed E-state index contributed by atoms with van der Waals surface area (Å²) in [6.07, 6.45) is 0. The molecular formula is C20H20ClN3O4S. The molecule has 0 saturated heterocycles. The summed E-state index contributed by atoms with van der Waals surface area (Å²) in [5.41, 5.74) is 1.11. The van der Waals surface area contributed by atoms with Crippen LogP contribution in [0, 0.1) is 0 Å². The first-order valence-electron chi connectivity index (χ1n) is 8.96. The molecule has 7 nitrogen and oxygen atoms in total. The molecular weight excluding hydrogens is 414 g/mol. The normalized spacial score (nSPS) is 11.4. The van der Waals surface area contributed by atoms with Gasteiger partial charge in [0.25, 0.3) is 5.56 Å².